The van der Waals surface area contributed by atoms with Crippen LogP contribution < -0.4 is 19.9 Å². The highest BCUT2D eigenvalue weighted by molar-refractivity contribution is 7.85. The maximum atomic E-state index is 11.8. The number of aromatic nitrogens is 2. The van der Waals surface area contributed by atoms with Gasteiger partial charge in [0.1, 0.15) is 11.6 Å². The number of hydrogen-bond acceptors (Lipinski definition) is 11. The largest absolute Gasteiger partial charge is 0.497 e. The van der Waals surface area contributed by atoms with Crippen LogP contribution in [0.15, 0.2) is 79.0 Å². The van der Waals surface area contributed by atoms with Gasteiger partial charge in [0.05, 0.1) is 37.6 Å². The van der Waals surface area contributed by atoms with E-state index >= 15 is 0 Å². The van der Waals surface area contributed by atoms with Crippen LogP contribution in [-0.4, -0.2) is 49.8 Å². The molecule has 42 heavy (non-hydrogen) atoms. The Bertz CT molecular complexity index is 1730. The molecule has 0 saturated carbocycles. The molecule has 0 aliphatic carbocycles. The molecular weight excluding hydrogens is 556 g/mol. The van der Waals surface area contributed by atoms with Gasteiger partial charge in [-0.05, 0) is 73.5 Å². The van der Waals surface area contributed by atoms with E-state index in [-0.39, 0.29) is 12.6 Å². The second-order valence-electron chi connectivity index (χ2n) is 9.73. The zero-order valence-electron chi connectivity index (χ0n) is 23.3. The Morgan fingerprint density at radius 1 is 1.07 bits per heavy atom. The summed E-state index contributed by atoms with van der Waals surface area (Å²) < 4.78 is 32.7. The Kier molecular flexibility index (Phi) is 8.26. The average Bonchev–Trinajstić information content (AvgIpc) is 2.97. The molecule has 2 atom stereocenters. The van der Waals surface area contributed by atoms with Crippen LogP contribution in [0.3, 0.4) is 0 Å². The molecule has 0 radical (unpaired) electrons. The molecular formula is C30H30N6O5S. The van der Waals surface area contributed by atoms with E-state index in [9.17, 15) is 18.8 Å². The highest BCUT2D eigenvalue weighted by Gasteiger charge is 2.39. The Labute approximate surface area is 244 Å². The zero-order chi connectivity index (χ0) is 29.9. The molecule has 2 unspecified atom stereocenters. The highest BCUT2D eigenvalue weighted by Crippen LogP contribution is 2.43. The SMILES string of the molecule is COc1ccc(N2C(C)c3cnc(Nc4cccc(CCOS(C)(=O)=O)c4)nc3N(c3cccc(C#N)c3)C2O)cc1. The Hall–Kier alpha value is -4.70. The van der Waals surface area contributed by atoms with Gasteiger partial charge in [0.2, 0.25) is 12.3 Å². The van der Waals surface area contributed by atoms with Gasteiger partial charge in [-0.1, -0.05) is 18.2 Å². The molecule has 5 rings (SSSR count). The lowest BCUT2D eigenvalue weighted by atomic mass is 10.0. The van der Waals surface area contributed by atoms with Gasteiger partial charge in [0, 0.05) is 28.8 Å². The van der Waals surface area contributed by atoms with Crippen molar-refractivity contribution in [3.63, 3.8) is 0 Å². The van der Waals surface area contributed by atoms with E-state index in [1.54, 1.807) is 36.4 Å². The van der Waals surface area contributed by atoms with Crippen LogP contribution in [0.4, 0.5) is 28.8 Å². The monoisotopic (exact) mass is 586 g/mol. The standard InChI is InChI=1S/C30H30N6O5S/c1-20-27-19-32-29(33-23-8-4-6-21(16-23)14-15-41-42(3,38)39)34-28(27)36(25-9-5-7-22(17-25)18-31)30(37)35(20)24-10-12-26(40-2)13-11-24/h4-13,16-17,19-20,30,37H,14-15H2,1-3H3,(H,32,33,34). The van der Waals surface area contributed by atoms with Crippen molar-refractivity contribution in [3.05, 3.63) is 95.7 Å². The van der Waals surface area contributed by atoms with Gasteiger partial charge in [-0.15, -0.1) is 0 Å². The first-order chi connectivity index (χ1) is 20.2. The topological polar surface area (TPSA) is 141 Å². The smallest absolute Gasteiger partial charge is 0.264 e. The van der Waals surface area contributed by atoms with Crippen molar-refractivity contribution in [2.45, 2.75) is 25.7 Å². The van der Waals surface area contributed by atoms with E-state index in [4.69, 9.17) is 13.9 Å². The molecule has 2 N–H and O–H groups in total. The third-order valence-corrected chi connectivity index (χ3v) is 7.46. The average molecular weight is 587 g/mol. The maximum absolute atomic E-state index is 11.8. The van der Waals surface area contributed by atoms with Gasteiger partial charge >= 0.3 is 0 Å². The number of benzene rings is 3. The van der Waals surface area contributed by atoms with Crippen molar-refractivity contribution < 1.29 is 22.4 Å². The molecule has 0 fully saturated rings. The third kappa shape index (κ3) is 6.28. The molecule has 1 aliphatic heterocycles. The van der Waals surface area contributed by atoms with Crippen molar-refractivity contribution in [2.24, 2.45) is 0 Å². The number of anilines is 5. The molecule has 3 aromatic carbocycles. The first kappa shape index (κ1) is 28.8. The van der Waals surface area contributed by atoms with Gasteiger partial charge < -0.3 is 20.1 Å². The fourth-order valence-corrected chi connectivity index (χ4v) is 5.24. The predicted molar refractivity (Wildman–Crippen MR) is 159 cm³/mol. The maximum Gasteiger partial charge on any atom is 0.264 e. The van der Waals surface area contributed by atoms with Crippen LogP contribution in [-0.2, 0) is 20.7 Å². The van der Waals surface area contributed by atoms with Crippen LogP contribution in [0.25, 0.3) is 0 Å². The molecule has 4 aromatic rings. The third-order valence-electron chi connectivity index (χ3n) is 6.87. The molecule has 2 heterocycles. The Morgan fingerprint density at radius 3 is 2.55 bits per heavy atom. The van der Waals surface area contributed by atoms with Crippen molar-refractivity contribution >= 4 is 38.9 Å². The van der Waals surface area contributed by atoms with E-state index in [1.807, 2.05) is 66.4 Å². The van der Waals surface area contributed by atoms with E-state index in [2.05, 4.69) is 16.4 Å². The molecule has 1 aromatic heterocycles. The molecule has 0 saturated heterocycles. The summed E-state index contributed by atoms with van der Waals surface area (Å²) in [4.78, 5) is 12.9. The zero-order valence-corrected chi connectivity index (χ0v) is 24.1. The number of nitriles is 1. The van der Waals surface area contributed by atoms with Crippen LogP contribution in [0.2, 0.25) is 0 Å². The highest BCUT2D eigenvalue weighted by atomic mass is 32.2. The van der Waals surface area contributed by atoms with Crippen molar-refractivity contribution in [3.8, 4) is 11.8 Å². The first-order valence-corrected chi connectivity index (χ1v) is 15.0. The van der Waals surface area contributed by atoms with Crippen LogP contribution in [0.1, 0.15) is 29.7 Å². The lowest BCUT2D eigenvalue weighted by Crippen LogP contribution is -2.52. The van der Waals surface area contributed by atoms with Gasteiger partial charge in [-0.2, -0.15) is 18.7 Å². The predicted octanol–water partition coefficient (Wildman–Crippen LogP) is 4.61. The number of nitrogens with one attached hydrogen (secondary N) is 1. The number of hydrogen-bond donors (Lipinski definition) is 2. The lowest BCUT2D eigenvalue weighted by Gasteiger charge is -2.46. The van der Waals surface area contributed by atoms with Gasteiger partial charge in [-0.3, -0.25) is 9.08 Å². The number of methoxy groups -OCH3 is 1. The second kappa shape index (κ2) is 12.0. The fourth-order valence-electron chi connectivity index (χ4n) is 4.85. The minimum absolute atomic E-state index is 0.0365. The van der Waals surface area contributed by atoms with E-state index in [1.165, 1.54) is 0 Å². The van der Waals surface area contributed by atoms with Crippen LogP contribution in [0.5, 0.6) is 5.75 Å². The number of nitrogens with zero attached hydrogens (tertiary/aromatic N) is 5. The summed E-state index contributed by atoms with van der Waals surface area (Å²) in [5.74, 6) is 1.49. The number of fused-ring (bicyclic) bond motifs is 1. The molecule has 12 heteroatoms. The van der Waals surface area contributed by atoms with E-state index in [0.717, 1.165) is 23.1 Å². The molecule has 0 bridgehead atoms. The number of rotatable bonds is 9. The summed E-state index contributed by atoms with van der Waals surface area (Å²) >= 11 is 0. The molecule has 11 nitrogen and oxygen atoms in total. The minimum atomic E-state index is -3.52. The molecule has 0 amide bonds. The fraction of sp³-hybridized carbons (Fsp3) is 0.233. The van der Waals surface area contributed by atoms with Crippen molar-refractivity contribution in [2.75, 3.05) is 35.1 Å². The summed E-state index contributed by atoms with van der Waals surface area (Å²) in [5, 5.41) is 24.6. The van der Waals surface area contributed by atoms with Crippen LogP contribution in [0, 0.1) is 11.3 Å². The van der Waals surface area contributed by atoms with Crippen molar-refractivity contribution in [1.29, 1.82) is 5.26 Å². The summed E-state index contributed by atoms with van der Waals surface area (Å²) in [5.41, 5.74) is 4.15. The Morgan fingerprint density at radius 2 is 1.83 bits per heavy atom. The number of ether oxygens (including phenoxy) is 1. The van der Waals surface area contributed by atoms with Gasteiger partial charge in [0.15, 0.2) is 0 Å². The van der Waals surface area contributed by atoms with Gasteiger partial charge in [0.25, 0.3) is 10.1 Å². The second-order valence-corrected chi connectivity index (χ2v) is 11.4. The summed E-state index contributed by atoms with van der Waals surface area (Å²) in [6, 6.07) is 23.7. The Balaban J connectivity index is 1.50. The van der Waals surface area contributed by atoms with Crippen LogP contribution >= 0.6 is 0 Å². The van der Waals surface area contributed by atoms with Gasteiger partial charge in [-0.25, -0.2) is 4.98 Å². The normalized spacial score (nSPS) is 16.5. The summed E-state index contributed by atoms with van der Waals surface area (Å²) in [6.07, 6.45) is 1.99. The minimum Gasteiger partial charge on any atom is -0.497 e. The number of aliphatic hydroxyl groups is 1. The first-order valence-electron chi connectivity index (χ1n) is 13.1. The molecule has 1 aliphatic rings. The quantitative estimate of drug-likeness (QED) is 0.266. The summed E-state index contributed by atoms with van der Waals surface area (Å²) in [6.45, 7) is 2.00. The molecule has 0 spiro atoms. The summed E-state index contributed by atoms with van der Waals surface area (Å²) in [7, 11) is -1.92. The van der Waals surface area contributed by atoms with E-state index in [0.29, 0.717) is 40.9 Å². The van der Waals surface area contributed by atoms with Crippen molar-refractivity contribution in [1.82, 2.24) is 9.97 Å². The number of aliphatic hydroxyl groups excluding tert-OH is 1. The van der Waals surface area contributed by atoms with E-state index < -0.39 is 16.5 Å². The molecule has 216 valence electrons. The lowest BCUT2D eigenvalue weighted by molar-refractivity contribution is 0.158.